The molecule has 0 saturated heterocycles. The van der Waals surface area contributed by atoms with E-state index in [4.69, 9.17) is 0 Å². The van der Waals surface area contributed by atoms with Crippen LogP contribution in [0.4, 0.5) is 14.5 Å². The maximum atomic E-state index is 13.8. The van der Waals surface area contributed by atoms with Crippen LogP contribution in [0, 0.1) is 11.6 Å². The van der Waals surface area contributed by atoms with Crippen molar-refractivity contribution in [1.82, 2.24) is 9.55 Å². The molecule has 1 aromatic heterocycles. The second-order valence-electron chi connectivity index (χ2n) is 6.35. The van der Waals surface area contributed by atoms with Gasteiger partial charge in [0.15, 0.2) is 5.16 Å². The molecular formula is C20H14BrF2N3O2S2. The number of carbonyl (C=O) groups is 1. The maximum Gasteiger partial charge on any atom is 0.272 e. The highest BCUT2D eigenvalue weighted by Crippen LogP contribution is 2.30. The Kier molecular flexibility index (Phi) is 6.26. The number of hydrogen-bond acceptors (Lipinski definition) is 5. The Bertz CT molecular complexity index is 1190. The molecule has 1 amide bonds. The SMILES string of the molecule is O=C(CSc1nc2c(c(=O)n1-c1ccc(Br)cc1)SCC2)Nc1ccc(F)cc1F. The average molecular weight is 510 g/mol. The van der Waals surface area contributed by atoms with Gasteiger partial charge in [0.05, 0.1) is 27.7 Å². The molecule has 0 saturated carbocycles. The van der Waals surface area contributed by atoms with Gasteiger partial charge in [0.1, 0.15) is 11.6 Å². The van der Waals surface area contributed by atoms with E-state index in [0.29, 0.717) is 28.2 Å². The van der Waals surface area contributed by atoms with Gasteiger partial charge in [-0.15, -0.1) is 11.8 Å². The molecule has 0 aliphatic carbocycles. The van der Waals surface area contributed by atoms with E-state index in [1.165, 1.54) is 16.3 Å². The van der Waals surface area contributed by atoms with E-state index in [1.807, 2.05) is 12.1 Å². The van der Waals surface area contributed by atoms with Crippen LogP contribution in [0.5, 0.6) is 0 Å². The quantitative estimate of drug-likeness (QED) is 0.400. The number of carbonyl (C=O) groups excluding carboxylic acids is 1. The highest BCUT2D eigenvalue weighted by atomic mass is 79.9. The summed E-state index contributed by atoms with van der Waals surface area (Å²) in [6, 6.07) is 10.1. The first-order valence-corrected chi connectivity index (χ1v) is 11.6. The lowest BCUT2D eigenvalue weighted by Gasteiger charge is -2.14. The van der Waals surface area contributed by atoms with Gasteiger partial charge in [-0.3, -0.25) is 14.2 Å². The molecule has 154 valence electrons. The van der Waals surface area contributed by atoms with Crippen molar-refractivity contribution in [3.05, 3.63) is 74.6 Å². The molecule has 10 heteroatoms. The van der Waals surface area contributed by atoms with Gasteiger partial charge in [0.25, 0.3) is 5.56 Å². The summed E-state index contributed by atoms with van der Waals surface area (Å²) in [6.45, 7) is 0. The Morgan fingerprint density at radius 1 is 1.23 bits per heavy atom. The lowest BCUT2D eigenvalue weighted by atomic mass is 10.3. The summed E-state index contributed by atoms with van der Waals surface area (Å²) in [5, 5.41) is 2.80. The first kappa shape index (κ1) is 21.1. The molecule has 2 heterocycles. The molecule has 3 aromatic rings. The topological polar surface area (TPSA) is 64.0 Å². The van der Waals surface area contributed by atoms with Gasteiger partial charge in [-0.25, -0.2) is 13.8 Å². The average Bonchev–Trinajstić information content (AvgIpc) is 3.19. The number of anilines is 1. The van der Waals surface area contributed by atoms with Crippen molar-refractivity contribution in [2.24, 2.45) is 0 Å². The zero-order chi connectivity index (χ0) is 21.3. The Morgan fingerprint density at radius 2 is 2.00 bits per heavy atom. The highest BCUT2D eigenvalue weighted by Gasteiger charge is 2.23. The van der Waals surface area contributed by atoms with Crippen LogP contribution in [0.3, 0.4) is 0 Å². The summed E-state index contributed by atoms with van der Waals surface area (Å²) in [6.07, 6.45) is 0.691. The van der Waals surface area contributed by atoms with E-state index in [1.54, 1.807) is 12.1 Å². The fourth-order valence-corrected chi connectivity index (χ4v) is 5.03. The van der Waals surface area contributed by atoms with Crippen molar-refractivity contribution < 1.29 is 13.6 Å². The number of amides is 1. The van der Waals surface area contributed by atoms with E-state index < -0.39 is 17.5 Å². The minimum Gasteiger partial charge on any atom is -0.323 e. The number of thioether (sulfide) groups is 2. The molecule has 5 nitrogen and oxygen atoms in total. The van der Waals surface area contributed by atoms with Crippen molar-refractivity contribution >= 4 is 51.0 Å². The van der Waals surface area contributed by atoms with Crippen LogP contribution in [-0.2, 0) is 11.2 Å². The van der Waals surface area contributed by atoms with Crippen LogP contribution in [0.2, 0.25) is 0 Å². The summed E-state index contributed by atoms with van der Waals surface area (Å²) >= 11 is 5.94. The molecule has 1 aliphatic rings. The Labute approximate surface area is 187 Å². The number of nitrogens with zero attached hydrogens (tertiary/aromatic N) is 2. The van der Waals surface area contributed by atoms with Crippen LogP contribution in [0.25, 0.3) is 5.69 Å². The van der Waals surface area contributed by atoms with Crippen molar-refractivity contribution in [3.63, 3.8) is 0 Å². The molecule has 2 aromatic carbocycles. The smallest absolute Gasteiger partial charge is 0.272 e. The molecule has 0 bridgehead atoms. The van der Waals surface area contributed by atoms with Crippen LogP contribution in [0.15, 0.2) is 61.8 Å². The van der Waals surface area contributed by atoms with E-state index in [0.717, 1.165) is 39.8 Å². The molecular weight excluding hydrogens is 496 g/mol. The largest absolute Gasteiger partial charge is 0.323 e. The minimum absolute atomic E-state index is 0.0916. The minimum atomic E-state index is -0.854. The lowest BCUT2D eigenvalue weighted by molar-refractivity contribution is -0.113. The van der Waals surface area contributed by atoms with Crippen molar-refractivity contribution in [2.75, 3.05) is 16.8 Å². The van der Waals surface area contributed by atoms with Gasteiger partial charge >= 0.3 is 0 Å². The normalized spacial score (nSPS) is 12.6. The van der Waals surface area contributed by atoms with E-state index in [-0.39, 0.29) is 17.0 Å². The maximum absolute atomic E-state index is 13.8. The Morgan fingerprint density at radius 3 is 2.73 bits per heavy atom. The predicted octanol–water partition coefficient (Wildman–Crippen LogP) is 4.65. The number of rotatable bonds is 5. The van der Waals surface area contributed by atoms with Gasteiger partial charge < -0.3 is 5.32 Å². The number of hydrogen-bond donors (Lipinski definition) is 1. The Hall–Kier alpha value is -2.17. The van der Waals surface area contributed by atoms with E-state index in [9.17, 15) is 18.4 Å². The number of halogens is 3. The van der Waals surface area contributed by atoms with Gasteiger partial charge in [0, 0.05) is 22.7 Å². The fraction of sp³-hybridized carbons (Fsp3) is 0.150. The molecule has 1 N–H and O–H groups in total. The van der Waals surface area contributed by atoms with Crippen molar-refractivity contribution in [3.8, 4) is 5.69 Å². The first-order valence-electron chi connectivity index (χ1n) is 8.85. The first-order chi connectivity index (χ1) is 14.4. The van der Waals surface area contributed by atoms with Crippen molar-refractivity contribution in [2.45, 2.75) is 16.5 Å². The zero-order valence-electron chi connectivity index (χ0n) is 15.3. The van der Waals surface area contributed by atoms with Gasteiger partial charge in [-0.05, 0) is 36.4 Å². The molecule has 0 radical (unpaired) electrons. The number of aryl methyl sites for hydroxylation is 1. The Balaban J connectivity index is 1.60. The second-order valence-corrected chi connectivity index (χ2v) is 9.31. The molecule has 0 spiro atoms. The summed E-state index contributed by atoms with van der Waals surface area (Å²) in [7, 11) is 0. The van der Waals surface area contributed by atoms with E-state index >= 15 is 0 Å². The van der Waals surface area contributed by atoms with E-state index in [2.05, 4.69) is 26.2 Å². The molecule has 4 rings (SSSR count). The van der Waals surface area contributed by atoms with Crippen LogP contribution in [0.1, 0.15) is 5.69 Å². The number of aromatic nitrogens is 2. The monoisotopic (exact) mass is 509 g/mol. The standard InChI is InChI=1S/C20H14BrF2N3O2S2/c21-11-1-4-13(5-2-11)26-19(28)18-16(7-8-29-18)25-20(26)30-10-17(27)24-15-6-3-12(22)9-14(15)23/h1-6,9H,7-8,10H2,(H,24,27). The summed E-state index contributed by atoms with van der Waals surface area (Å²) in [5.41, 5.74) is 1.09. The number of benzene rings is 2. The summed E-state index contributed by atoms with van der Waals surface area (Å²) < 4.78 is 29.2. The van der Waals surface area contributed by atoms with Crippen LogP contribution in [-0.4, -0.2) is 27.0 Å². The second kappa shape index (κ2) is 8.91. The third kappa shape index (κ3) is 4.45. The van der Waals surface area contributed by atoms with Gasteiger partial charge in [0.2, 0.25) is 5.91 Å². The molecule has 30 heavy (non-hydrogen) atoms. The molecule has 0 fully saturated rings. The fourth-order valence-electron chi connectivity index (χ4n) is 2.91. The third-order valence-electron chi connectivity index (χ3n) is 4.29. The summed E-state index contributed by atoms with van der Waals surface area (Å²) in [5.74, 6) is -1.37. The third-order valence-corrected chi connectivity index (χ3v) is 6.86. The molecule has 1 aliphatic heterocycles. The highest BCUT2D eigenvalue weighted by molar-refractivity contribution is 9.10. The van der Waals surface area contributed by atoms with Gasteiger partial charge in [-0.1, -0.05) is 27.7 Å². The number of nitrogens with one attached hydrogen (secondary N) is 1. The lowest BCUT2D eigenvalue weighted by Crippen LogP contribution is -2.24. The van der Waals surface area contributed by atoms with Crippen LogP contribution < -0.4 is 10.9 Å². The predicted molar refractivity (Wildman–Crippen MR) is 118 cm³/mol. The zero-order valence-corrected chi connectivity index (χ0v) is 18.5. The molecule has 0 unspecified atom stereocenters. The molecule has 0 atom stereocenters. The van der Waals surface area contributed by atoms with Gasteiger partial charge in [-0.2, -0.15) is 0 Å². The van der Waals surface area contributed by atoms with Crippen molar-refractivity contribution in [1.29, 1.82) is 0 Å². The number of fused-ring (bicyclic) bond motifs is 1. The van der Waals surface area contributed by atoms with Crippen LogP contribution >= 0.6 is 39.5 Å². The summed E-state index contributed by atoms with van der Waals surface area (Å²) in [4.78, 5) is 30.6.